The van der Waals surface area contributed by atoms with Gasteiger partial charge in [0.25, 0.3) is 0 Å². The standard InChI is InChI=1S/C14H17ClN2O2S/c15-13-8-12(9-16)6-7-14(13)17-20(18,19)10-11-4-2-1-3-5-11/h6-8,11,17H,1-5,10H2. The van der Waals surface area contributed by atoms with Gasteiger partial charge in [0.05, 0.1) is 28.1 Å². The third kappa shape index (κ3) is 4.12. The maximum absolute atomic E-state index is 12.1. The van der Waals surface area contributed by atoms with E-state index in [-0.39, 0.29) is 16.7 Å². The molecule has 2 rings (SSSR count). The fraction of sp³-hybridized carbons (Fsp3) is 0.500. The second kappa shape index (κ2) is 6.47. The molecule has 4 nitrogen and oxygen atoms in total. The number of benzene rings is 1. The van der Waals surface area contributed by atoms with E-state index in [1.54, 1.807) is 6.07 Å². The summed E-state index contributed by atoms with van der Waals surface area (Å²) in [4.78, 5) is 0. The van der Waals surface area contributed by atoms with Gasteiger partial charge in [0, 0.05) is 0 Å². The minimum Gasteiger partial charge on any atom is -0.282 e. The fourth-order valence-corrected chi connectivity index (χ4v) is 4.37. The van der Waals surface area contributed by atoms with Gasteiger partial charge in [-0.3, -0.25) is 4.72 Å². The third-order valence-electron chi connectivity index (χ3n) is 3.54. The molecule has 0 radical (unpaired) electrons. The molecule has 20 heavy (non-hydrogen) atoms. The number of nitrogens with one attached hydrogen (secondary N) is 1. The molecule has 0 spiro atoms. The van der Waals surface area contributed by atoms with Crippen LogP contribution in [-0.4, -0.2) is 14.2 Å². The smallest absolute Gasteiger partial charge is 0.233 e. The molecule has 0 aliphatic heterocycles. The van der Waals surface area contributed by atoms with Crippen LogP contribution < -0.4 is 4.72 Å². The number of hydrogen-bond donors (Lipinski definition) is 1. The minimum absolute atomic E-state index is 0.142. The second-order valence-corrected chi connectivity index (χ2v) is 7.37. The number of hydrogen-bond acceptors (Lipinski definition) is 3. The van der Waals surface area contributed by atoms with Crippen LogP contribution in [0.4, 0.5) is 5.69 Å². The largest absolute Gasteiger partial charge is 0.282 e. The van der Waals surface area contributed by atoms with E-state index in [9.17, 15) is 8.42 Å². The molecule has 1 fully saturated rings. The van der Waals surface area contributed by atoms with Crippen LogP contribution in [0.15, 0.2) is 18.2 Å². The Kier molecular flexibility index (Phi) is 4.90. The van der Waals surface area contributed by atoms with Crippen molar-refractivity contribution in [2.75, 3.05) is 10.5 Å². The summed E-state index contributed by atoms with van der Waals surface area (Å²) in [5, 5.41) is 9.00. The third-order valence-corrected chi connectivity index (χ3v) is 5.30. The molecule has 0 bridgehead atoms. The van der Waals surface area contributed by atoms with Crippen LogP contribution in [0.25, 0.3) is 0 Å². The molecular formula is C14H17ClN2O2S. The van der Waals surface area contributed by atoms with Gasteiger partial charge in [-0.25, -0.2) is 8.42 Å². The summed E-state index contributed by atoms with van der Waals surface area (Å²) < 4.78 is 26.8. The van der Waals surface area contributed by atoms with Crippen molar-refractivity contribution in [2.24, 2.45) is 5.92 Å². The van der Waals surface area contributed by atoms with Gasteiger partial charge < -0.3 is 0 Å². The lowest BCUT2D eigenvalue weighted by molar-refractivity contribution is 0.385. The quantitative estimate of drug-likeness (QED) is 0.924. The zero-order chi connectivity index (χ0) is 14.6. The summed E-state index contributed by atoms with van der Waals surface area (Å²) >= 11 is 5.98. The summed E-state index contributed by atoms with van der Waals surface area (Å²) in [6.45, 7) is 0. The van der Waals surface area contributed by atoms with Crippen molar-refractivity contribution in [3.63, 3.8) is 0 Å². The Bertz CT molecular complexity index is 617. The Labute approximate surface area is 124 Å². The summed E-state index contributed by atoms with van der Waals surface area (Å²) in [6.07, 6.45) is 5.37. The minimum atomic E-state index is -3.39. The molecule has 0 atom stereocenters. The summed E-state index contributed by atoms with van der Waals surface area (Å²) in [6, 6.07) is 6.49. The van der Waals surface area contributed by atoms with Gasteiger partial charge in [-0.1, -0.05) is 30.9 Å². The van der Waals surface area contributed by atoms with Crippen LogP contribution in [0.5, 0.6) is 0 Å². The molecule has 0 heterocycles. The van der Waals surface area contributed by atoms with E-state index in [1.807, 2.05) is 6.07 Å². The normalized spacial score (nSPS) is 16.6. The van der Waals surface area contributed by atoms with Crippen molar-refractivity contribution < 1.29 is 8.42 Å². The first-order valence-corrected chi connectivity index (χ1v) is 8.73. The first-order valence-electron chi connectivity index (χ1n) is 6.70. The van der Waals surface area contributed by atoms with Crippen molar-refractivity contribution in [3.8, 4) is 6.07 Å². The van der Waals surface area contributed by atoms with E-state index in [4.69, 9.17) is 16.9 Å². The van der Waals surface area contributed by atoms with Crippen molar-refractivity contribution in [3.05, 3.63) is 28.8 Å². The van der Waals surface area contributed by atoms with Crippen molar-refractivity contribution in [1.29, 1.82) is 5.26 Å². The highest BCUT2D eigenvalue weighted by atomic mass is 35.5. The molecule has 1 aliphatic rings. The lowest BCUT2D eigenvalue weighted by atomic mass is 9.91. The Morgan fingerprint density at radius 2 is 2.00 bits per heavy atom. The van der Waals surface area contributed by atoms with Gasteiger partial charge in [-0.05, 0) is 37.0 Å². The van der Waals surface area contributed by atoms with Gasteiger partial charge in [-0.15, -0.1) is 0 Å². The average molecular weight is 313 g/mol. The maximum Gasteiger partial charge on any atom is 0.233 e. The van der Waals surface area contributed by atoms with Crippen LogP contribution in [0, 0.1) is 17.2 Å². The van der Waals surface area contributed by atoms with E-state index in [2.05, 4.69) is 4.72 Å². The molecular weight excluding hydrogens is 296 g/mol. The first kappa shape index (κ1) is 15.1. The Balaban J connectivity index is 2.06. The van der Waals surface area contributed by atoms with Crippen LogP contribution in [0.1, 0.15) is 37.7 Å². The van der Waals surface area contributed by atoms with Crippen LogP contribution in [-0.2, 0) is 10.0 Å². The Morgan fingerprint density at radius 3 is 2.60 bits per heavy atom. The van der Waals surface area contributed by atoms with E-state index >= 15 is 0 Å². The average Bonchev–Trinajstić information content (AvgIpc) is 2.41. The van der Waals surface area contributed by atoms with Gasteiger partial charge >= 0.3 is 0 Å². The maximum atomic E-state index is 12.1. The molecule has 1 saturated carbocycles. The molecule has 0 aromatic heterocycles. The van der Waals surface area contributed by atoms with E-state index in [0.29, 0.717) is 11.3 Å². The van der Waals surface area contributed by atoms with E-state index in [1.165, 1.54) is 18.6 Å². The molecule has 0 saturated heterocycles. The molecule has 108 valence electrons. The molecule has 1 aromatic rings. The van der Waals surface area contributed by atoms with Crippen LogP contribution >= 0.6 is 11.6 Å². The number of nitrogens with zero attached hydrogens (tertiary/aromatic N) is 1. The predicted octanol–water partition coefficient (Wildman–Crippen LogP) is 3.53. The lowest BCUT2D eigenvalue weighted by Gasteiger charge is -2.21. The zero-order valence-electron chi connectivity index (χ0n) is 11.1. The second-order valence-electron chi connectivity index (χ2n) is 5.19. The molecule has 1 aliphatic carbocycles. The topological polar surface area (TPSA) is 70.0 Å². The van der Waals surface area contributed by atoms with Crippen LogP contribution in [0.3, 0.4) is 0 Å². The van der Waals surface area contributed by atoms with Crippen molar-refractivity contribution in [1.82, 2.24) is 0 Å². The van der Waals surface area contributed by atoms with Gasteiger partial charge in [-0.2, -0.15) is 5.26 Å². The number of halogens is 1. The molecule has 0 unspecified atom stereocenters. The first-order chi connectivity index (χ1) is 9.50. The Morgan fingerprint density at radius 1 is 1.30 bits per heavy atom. The predicted molar refractivity (Wildman–Crippen MR) is 80.2 cm³/mol. The Hall–Kier alpha value is -1.25. The lowest BCUT2D eigenvalue weighted by Crippen LogP contribution is -2.24. The van der Waals surface area contributed by atoms with Crippen molar-refractivity contribution >= 4 is 27.3 Å². The zero-order valence-corrected chi connectivity index (χ0v) is 12.7. The summed E-state index contributed by atoms with van der Waals surface area (Å²) in [5.41, 5.74) is 0.742. The number of rotatable bonds is 4. The van der Waals surface area contributed by atoms with Crippen LogP contribution in [0.2, 0.25) is 5.02 Å². The molecule has 0 amide bonds. The molecule has 1 aromatic carbocycles. The van der Waals surface area contributed by atoms with Crippen molar-refractivity contribution in [2.45, 2.75) is 32.1 Å². The van der Waals surface area contributed by atoms with Gasteiger partial charge in [0.2, 0.25) is 10.0 Å². The summed E-state index contributed by atoms with van der Waals surface area (Å²) in [5.74, 6) is 0.377. The fourth-order valence-electron chi connectivity index (χ4n) is 2.54. The monoisotopic (exact) mass is 312 g/mol. The highest BCUT2D eigenvalue weighted by molar-refractivity contribution is 7.92. The highest BCUT2D eigenvalue weighted by Gasteiger charge is 2.21. The van der Waals surface area contributed by atoms with Gasteiger partial charge in [0.15, 0.2) is 0 Å². The molecule has 6 heteroatoms. The van der Waals surface area contributed by atoms with E-state index in [0.717, 1.165) is 25.7 Å². The molecule has 1 N–H and O–H groups in total. The number of sulfonamides is 1. The van der Waals surface area contributed by atoms with E-state index < -0.39 is 10.0 Å². The number of nitriles is 1. The SMILES string of the molecule is N#Cc1ccc(NS(=O)(=O)CC2CCCCC2)c(Cl)c1. The summed E-state index contributed by atoms with van der Waals surface area (Å²) in [7, 11) is -3.39. The number of anilines is 1. The highest BCUT2D eigenvalue weighted by Crippen LogP contribution is 2.27. The van der Waals surface area contributed by atoms with Gasteiger partial charge in [0.1, 0.15) is 0 Å².